The van der Waals surface area contributed by atoms with E-state index in [4.69, 9.17) is 0 Å². The van der Waals surface area contributed by atoms with Crippen molar-refractivity contribution in [2.75, 3.05) is 6.54 Å². The van der Waals surface area contributed by atoms with Gasteiger partial charge in [0, 0.05) is 12.7 Å². The molecule has 1 aliphatic rings. The Bertz CT molecular complexity index is 628. The van der Waals surface area contributed by atoms with Gasteiger partial charge in [-0.25, -0.2) is 0 Å². The number of nitrogens with zero attached hydrogens (tertiary/aromatic N) is 2. The van der Waals surface area contributed by atoms with E-state index in [1.807, 2.05) is 23.0 Å². The normalized spacial score (nSPS) is 15.1. The quantitative estimate of drug-likeness (QED) is 0.892. The molecule has 0 saturated heterocycles. The van der Waals surface area contributed by atoms with Crippen LogP contribution in [-0.4, -0.2) is 27.3 Å². The molecular formula is C17H21N3O2. The molecule has 1 amide bonds. The molecule has 1 aromatic heterocycles. The van der Waals surface area contributed by atoms with Gasteiger partial charge in [0.25, 0.3) is 5.91 Å². The van der Waals surface area contributed by atoms with Crippen molar-refractivity contribution in [3.05, 3.63) is 47.8 Å². The summed E-state index contributed by atoms with van der Waals surface area (Å²) in [6, 6.07) is 9.26. The fourth-order valence-electron chi connectivity index (χ4n) is 2.90. The Hall–Kier alpha value is -2.30. The van der Waals surface area contributed by atoms with Crippen LogP contribution in [0.25, 0.3) is 0 Å². The van der Waals surface area contributed by atoms with Gasteiger partial charge in [-0.1, -0.05) is 25.0 Å². The number of rotatable bonds is 5. The van der Waals surface area contributed by atoms with Gasteiger partial charge >= 0.3 is 0 Å². The lowest BCUT2D eigenvalue weighted by molar-refractivity contribution is 0.0948. The number of aromatic hydroxyl groups is 1. The van der Waals surface area contributed by atoms with Crippen LogP contribution in [0, 0.1) is 0 Å². The molecule has 0 aliphatic heterocycles. The Morgan fingerprint density at radius 1 is 1.23 bits per heavy atom. The maximum atomic E-state index is 12.1. The smallest absolute Gasteiger partial charge is 0.271 e. The Labute approximate surface area is 130 Å². The van der Waals surface area contributed by atoms with E-state index in [2.05, 4.69) is 10.4 Å². The number of hydrogen-bond donors (Lipinski definition) is 2. The minimum absolute atomic E-state index is 0.129. The van der Waals surface area contributed by atoms with Crippen molar-refractivity contribution < 1.29 is 9.90 Å². The van der Waals surface area contributed by atoms with Gasteiger partial charge in [-0.2, -0.15) is 5.10 Å². The Morgan fingerprint density at radius 3 is 2.68 bits per heavy atom. The Kier molecular flexibility index (Phi) is 4.42. The second-order valence-electron chi connectivity index (χ2n) is 5.79. The molecule has 2 aromatic rings. The van der Waals surface area contributed by atoms with Crippen molar-refractivity contribution in [1.82, 2.24) is 15.1 Å². The maximum Gasteiger partial charge on any atom is 0.271 e. The highest BCUT2D eigenvalue weighted by atomic mass is 16.3. The summed E-state index contributed by atoms with van der Waals surface area (Å²) in [6.07, 6.45) is 7.45. The number of nitrogens with one attached hydrogen (secondary N) is 1. The minimum Gasteiger partial charge on any atom is -0.508 e. The van der Waals surface area contributed by atoms with Gasteiger partial charge in [0.05, 0.1) is 6.04 Å². The van der Waals surface area contributed by atoms with Crippen molar-refractivity contribution in [3.63, 3.8) is 0 Å². The van der Waals surface area contributed by atoms with E-state index in [1.165, 1.54) is 12.8 Å². The van der Waals surface area contributed by atoms with Crippen molar-refractivity contribution in [2.45, 2.75) is 38.1 Å². The van der Waals surface area contributed by atoms with Crippen LogP contribution >= 0.6 is 0 Å². The van der Waals surface area contributed by atoms with Gasteiger partial charge in [-0.15, -0.1) is 0 Å². The summed E-state index contributed by atoms with van der Waals surface area (Å²) in [5.41, 5.74) is 1.56. The number of carbonyl (C=O) groups excluding carboxylic acids is 1. The van der Waals surface area contributed by atoms with E-state index < -0.39 is 0 Å². The highest BCUT2D eigenvalue weighted by Crippen LogP contribution is 2.28. The number of carbonyl (C=O) groups is 1. The van der Waals surface area contributed by atoms with Gasteiger partial charge in [0.2, 0.25) is 0 Å². The van der Waals surface area contributed by atoms with E-state index in [1.54, 1.807) is 18.2 Å². The molecule has 1 heterocycles. The third-order valence-corrected chi connectivity index (χ3v) is 4.18. The number of aromatic nitrogens is 2. The summed E-state index contributed by atoms with van der Waals surface area (Å²) in [5.74, 6) is 0.126. The summed E-state index contributed by atoms with van der Waals surface area (Å²) < 4.78 is 1.93. The van der Waals surface area contributed by atoms with E-state index in [9.17, 15) is 9.90 Å². The molecule has 0 spiro atoms. The Balaban J connectivity index is 1.50. The second-order valence-corrected chi connectivity index (χ2v) is 5.79. The summed E-state index contributed by atoms with van der Waals surface area (Å²) in [6.45, 7) is 0.555. The maximum absolute atomic E-state index is 12.1. The van der Waals surface area contributed by atoms with Crippen LogP contribution in [0.4, 0.5) is 0 Å². The Morgan fingerprint density at radius 2 is 1.95 bits per heavy atom. The van der Waals surface area contributed by atoms with E-state index in [-0.39, 0.29) is 11.7 Å². The first-order valence-electron chi connectivity index (χ1n) is 7.83. The molecule has 0 atom stereocenters. The average Bonchev–Trinajstić information content (AvgIpc) is 3.20. The molecule has 2 N–H and O–H groups in total. The zero-order valence-electron chi connectivity index (χ0n) is 12.5. The number of benzene rings is 1. The molecule has 1 fully saturated rings. The molecule has 1 aromatic carbocycles. The fraction of sp³-hybridized carbons (Fsp3) is 0.412. The summed E-state index contributed by atoms with van der Waals surface area (Å²) >= 11 is 0. The van der Waals surface area contributed by atoms with Crippen molar-refractivity contribution in [3.8, 4) is 5.75 Å². The largest absolute Gasteiger partial charge is 0.508 e. The van der Waals surface area contributed by atoms with Gasteiger partial charge in [-0.05, 0) is 43.0 Å². The molecular weight excluding hydrogens is 278 g/mol. The first kappa shape index (κ1) is 14.6. The van der Waals surface area contributed by atoms with Gasteiger partial charge < -0.3 is 10.4 Å². The third-order valence-electron chi connectivity index (χ3n) is 4.18. The fourth-order valence-corrected chi connectivity index (χ4v) is 2.90. The molecule has 5 nitrogen and oxygen atoms in total. The standard InChI is InChI=1S/C17H21N3O2/c21-15-7-5-13(6-8-15)9-11-18-17(22)16-10-12-20(19-16)14-3-1-2-4-14/h5-8,10,12,14,21H,1-4,9,11H2,(H,18,22). The van der Waals surface area contributed by atoms with Crippen molar-refractivity contribution in [2.24, 2.45) is 0 Å². The molecule has 0 unspecified atom stereocenters. The molecule has 3 rings (SSSR count). The van der Waals surface area contributed by atoms with E-state index in [0.717, 1.165) is 24.8 Å². The lowest BCUT2D eigenvalue weighted by Crippen LogP contribution is -2.26. The predicted octanol–water partition coefficient (Wildman–Crippen LogP) is 2.68. The predicted molar refractivity (Wildman–Crippen MR) is 83.9 cm³/mol. The first-order chi connectivity index (χ1) is 10.7. The third kappa shape index (κ3) is 3.47. The lowest BCUT2D eigenvalue weighted by Gasteiger charge is -2.08. The SMILES string of the molecule is O=C(NCCc1ccc(O)cc1)c1ccn(C2CCCC2)n1. The second kappa shape index (κ2) is 6.64. The van der Waals surface area contributed by atoms with Crippen molar-refractivity contribution >= 4 is 5.91 Å². The molecule has 5 heteroatoms. The highest BCUT2D eigenvalue weighted by molar-refractivity contribution is 5.92. The van der Waals surface area contributed by atoms with Crippen LogP contribution in [0.5, 0.6) is 5.75 Å². The average molecular weight is 299 g/mol. The van der Waals surface area contributed by atoms with Crippen LogP contribution in [0.2, 0.25) is 0 Å². The molecule has 116 valence electrons. The van der Waals surface area contributed by atoms with Crippen LogP contribution in [0.15, 0.2) is 36.5 Å². The van der Waals surface area contributed by atoms with Gasteiger partial charge in [-0.3, -0.25) is 9.48 Å². The van der Waals surface area contributed by atoms with Gasteiger partial charge in [0.1, 0.15) is 11.4 Å². The van der Waals surface area contributed by atoms with Crippen molar-refractivity contribution in [1.29, 1.82) is 0 Å². The highest BCUT2D eigenvalue weighted by Gasteiger charge is 2.18. The minimum atomic E-state index is -0.129. The first-order valence-corrected chi connectivity index (χ1v) is 7.83. The monoisotopic (exact) mass is 299 g/mol. The van der Waals surface area contributed by atoms with Crippen LogP contribution in [0.3, 0.4) is 0 Å². The summed E-state index contributed by atoms with van der Waals surface area (Å²) in [7, 11) is 0. The molecule has 1 saturated carbocycles. The topological polar surface area (TPSA) is 67.2 Å². The van der Waals surface area contributed by atoms with Gasteiger partial charge in [0.15, 0.2) is 0 Å². The summed E-state index contributed by atoms with van der Waals surface area (Å²) in [5, 5.41) is 16.5. The molecule has 0 radical (unpaired) electrons. The lowest BCUT2D eigenvalue weighted by atomic mass is 10.1. The number of phenolic OH excluding ortho intramolecular Hbond substituents is 1. The molecule has 22 heavy (non-hydrogen) atoms. The van der Waals surface area contributed by atoms with Crippen LogP contribution in [0.1, 0.15) is 47.8 Å². The number of amides is 1. The van der Waals surface area contributed by atoms with E-state index >= 15 is 0 Å². The number of hydrogen-bond acceptors (Lipinski definition) is 3. The zero-order chi connectivity index (χ0) is 15.4. The van der Waals surface area contributed by atoms with Crippen LogP contribution in [-0.2, 0) is 6.42 Å². The number of phenols is 1. The zero-order valence-corrected chi connectivity index (χ0v) is 12.5. The molecule has 0 bridgehead atoms. The summed E-state index contributed by atoms with van der Waals surface area (Å²) in [4.78, 5) is 12.1. The van der Waals surface area contributed by atoms with E-state index in [0.29, 0.717) is 18.3 Å². The van der Waals surface area contributed by atoms with Crippen LogP contribution < -0.4 is 5.32 Å². The molecule has 1 aliphatic carbocycles.